The number of amides is 1. The predicted octanol–water partition coefficient (Wildman–Crippen LogP) is -4.12. The molecule has 0 rings (SSSR count). The summed E-state index contributed by atoms with van der Waals surface area (Å²) in [5.74, 6) is -1.62. The zero-order valence-corrected chi connectivity index (χ0v) is 8.25. The summed E-state index contributed by atoms with van der Waals surface area (Å²) in [6.07, 6.45) is 2.50. The molecule has 0 aliphatic carbocycles. The normalized spacial score (nSPS) is 12.1. The van der Waals surface area contributed by atoms with E-state index in [1.807, 2.05) is 0 Å². The second-order valence-corrected chi connectivity index (χ2v) is 3.14. The SMILES string of the molecule is [NH3+]CCCC[C@@H]([NH3+])C(=O)NCC(=O)[O-]. The molecular weight excluding hydrogens is 186 g/mol. The standard InChI is InChI=1S/C8H17N3O3/c9-4-2-1-3-6(10)8(14)11-5-7(12)13/h6H,1-5,9-10H2,(H,11,14)(H,12,13)/p+1/t6-/m1/s1. The summed E-state index contributed by atoms with van der Waals surface area (Å²) in [5, 5.41) is 12.3. The van der Waals surface area contributed by atoms with E-state index in [0.717, 1.165) is 19.4 Å². The number of carbonyl (C=O) groups excluding carboxylic acids is 2. The van der Waals surface area contributed by atoms with Gasteiger partial charge in [-0.05, 0) is 12.8 Å². The van der Waals surface area contributed by atoms with Crippen LogP contribution in [0.25, 0.3) is 0 Å². The van der Waals surface area contributed by atoms with E-state index in [2.05, 4.69) is 16.8 Å². The van der Waals surface area contributed by atoms with Crippen LogP contribution in [0.2, 0.25) is 0 Å². The minimum atomic E-state index is -1.29. The Labute approximate surface area is 82.6 Å². The number of unbranched alkanes of at least 4 members (excludes halogenated alkanes) is 1. The average Bonchev–Trinajstić information content (AvgIpc) is 2.14. The molecule has 0 radical (unpaired) electrons. The number of carboxylic acid groups (broad SMARTS) is 1. The van der Waals surface area contributed by atoms with E-state index in [1.54, 1.807) is 0 Å². The third-order valence-electron chi connectivity index (χ3n) is 1.83. The molecule has 0 unspecified atom stereocenters. The molecule has 6 heteroatoms. The molecule has 0 saturated carbocycles. The lowest BCUT2D eigenvalue weighted by Crippen LogP contribution is -2.67. The molecule has 1 amide bonds. The van der Waals surface area contributed by atoms with Gasteiger partial charge in [0.25, 0.3) is 5.91 Å². The number of nitrogens with one attached hydrogen (secondary N) is 1. The van der Waals surface area contributed by atoms with Crippen LogP contribution >= 0.6 is 0 Å². The van der Waals surface area contributed by atoms with Crippen LogP contribution in [-0.2, 0) is 9.59 Å². The Morgan fingerprint density at radius 2 is 2.00 bits per heavy atom. The second kappa shape index (κ2) is 7.28. The summed E-state index contributed by atoms with van der Waals surface area (Å²) < 4.78 is 0. The van der Waals surface area contributed by atoms with Gasteiger partial charge in [-0.25, -0.2) is 0 Å². The summed E-state index contributed by atoms with van der Waals surface area (Å²) in [4.78, 5) is 21.2. The molecule has 0 aliphatic heterocycles. The first kappa shape index (κ1) is 12.9. The maximum absolute atomic E-state index is 11.2. The summed E-state index contributed by atoms with van der Waals surface area (Å²) in [7, 11) is 0. The molecule has 0 aromatic carbocycles. The van der Waals surface area contributed by atoms with Crippen molar-refractivity contribution >= 4 is 11.9 Å². The molecule has 0 spiro atoms. The van der Waals surface area contributed by atoms with Gasteiger partial charge in [0.05, 0.1) is 19.1 Å². The van der Waals surface area contributed by atoms with Crippen LogP contribution in [0.5, 0.6) is 0 Å². The van der Waals surface area contributed by atoms with Gasteiger partial charge < -0.3 is 26.7 Å². The van der Waals surface area contributed by atoms with Gasteiger partial charge in [-0.3, -0.25) is 4.79 Å². The van der Waals surface area contributed by atoms with E-state index >= 15 is 0 Å². The quantitative estimate of drug-likeness (QED) is 0.365. The second-order valence-electron chi connectivity index (χ2n) is 3.14. The smallest absolute Gasteiger partial charge is 0.278 e. The molecule has 0 aromatic rings. The first-order valence-corrected chi connectivity index (χ1v) is 4.67. The van der Waals surface area contributed by atoms with Gasteiger partial charge in [0.1, 0.15) is 0 Å². The van der Waals surface area contributed by atoms with Gasteiger partial charge in [0, 0.05) is 6.42 Å². The van der Waals surface area contributed by atoms with Crippen molar-refractivity contribution < 1.29 is 26.2 Å². The lowest BCUT2D eigenvalue weighted by molar-refractivity contribution is -0.406. The molecule has 0 heterocycles. The molecule has 6 nitrogen and oxygen atoms in total. The third-order valence-corrected chi connectivity index (χ3v) is 1.83. The van der Waals surface area contributed by atoms with Gasteiger partial charge in [-0.15, -0.1) is 0 Å². The molecule has 82 valence electrons. The maximum atomic E-state index is 11.2. The van der Waals surface area contributed by atoms with Crippen molar-refractivity contribution in [3.63, 3.8) is 0 Å². The molecule has 1 atom stereocenters. The van der Waals surface area contributed by atoms with Gasteiger partial charge in [0.15, 0.2) is 6.04 Å². The van der Waals surface area contributed by atoms with Crippen molar-refractivity contribution in [1.29, 1.82) is 0 Å². The van der Waals surface area contributed by atoms with Crippen molar-refractivity contribution in [1.82, 2.24) is 5.32 Å². The Bertz CT molecular complexity index is 196. The molecule has 0 aliphatic rings. The van der Waals surface area contributed by atoms with Crippen LogP contribution in [0, 0.1) is 0 Å². The number of aliphatic carboxylic acids is 1. The summed E-state index contributed by atoms with van der Waals surface area (Å²) in [5.41, 5.74) is 7.32. The van der Waals surface area contributed by atoms with E-state index < -0.39 is 12.5 Å². The Hall–Kier alpha value is -1.14. The highest BCUT2D eigenvalue weighted by atomic mass is 16.4. The van der Waals surface area contributed by atoms with Crippen molar-refractivity contribution in [2.45, 2.75) is 25.3 Å². The van der Waals surface area contributed by atoms with E-state index in [4.69, 9.17) is 0 Å². The molecule has 0 saturated heterocycles. The number of carbonyl (C=O) groups is 2. The fourth-order valence-corrected chi connectivity index (χ4v) is 1.00. The topological polar surface area (TPSA) is 125 Å². The third kappa shape index (κ3) is 6.38. The number of hydrogen-bond acceptors (Lipinski definition) is 3. The first-order chi connectivity index (χ1) is 6.57. The number of quaternary nitrogens is 2. The highest BCUT2D eigenvalue weighted by molar-refractivity contribution is 5.83. The molecule has 7 N–H and O–H groups in total. The molecule has 14 heavy (non-hydrogen) atoms. The van der Waals surface area contributed by atoms with Crippen LogP contribution < -0.4 is 21.9 Å². The molecular formula is C8H18N3O3+. The Morgan fingerprint density at radius 1 is 1.36 bits per heavy atom. The highest BCUT2D eigenvalue weighted by Crippen LogP contribution is 1.95. The monoisotopic (exact) mass is 204 g/mol. The van der Waals surface area contributed by atoms with Gasteiger partial charge in [-0.1, -0.05) is 0 Å². The van der Waals surface area contributed by atoms with E-state index in [9.17, 15) is 14.7 Å². The average molecular weight is 204 g/mol. The van der Waals surface area contributed by atoms with E-state index in [1.165, 1.54) is 0 Å². The molecule has 0 aromatic heterocycles. The highest BCUT2D eigenvalue weighted by Gasteiger charge is 2.15. The Kier molecular flexibility index (Phi) is 6.69. The van der Waals surface area contributed by atoms with Gasteiger partial charge in [0.2, 0.25) is 0 Å². The van der Waals surface area contributed by atoms with Crippen LogP contribution in [0.1, 0.15) is 19.3 Å². The lowest BCUT2D eigenvalue weighted by atomic mass is 10.1. The van der Waals surface area contributed by atoms with Crippen LogP contribution in [0.15, 0.2) is 0 Å². The number of rotatable bonds is 7. The van der Waals surface area contributed by atoms with Crippen LogP contribution in [0.4, 0.5) is 0 Å². The van der Waals surface area contributed by atoms with E-state index in [0.29, 0.717) is 6.42 Å². The Morgan fingerprint density at radius 3 is 2.50 bits per heavy atom. The predicted molar refractivity (Wildman–Crippen MR) is 46.3 cm³/mol. The molecule has 0 fully saturated rings. The Balaban J connectivity index is 3.59. The summed E-state index contributed by atoms with van der Waals surface area (Å²) >= 11 is 0. The van der Waals surface area contributed by atoms with Gasteiger partial charge >= 0.3 is 0 Å². The maximum Gasteiger partial charge on any atom is 0.278 e. The number of carboxylic acids is 1. The van der Waals surface area contributed by atoms with Crippen molar-refractivity contribution in [3.05, 3.63) is 0 Å². The fraction of sp³-hybridized carbons (Fsp3) is 0.750. The zero-order chi connectivity index (χ0) is 11.0. The van der Waals surface area contributed by atoms with E-state index in [-0.39, 0.29) is 11.9 Å². The lowest BCUT2D eigenvalue weighted by Gasteiger charge is -2.09. The summed E-state index contributed by atoms with van der Waals surface area (Å²) in [6.45, 7) is 0.396. The van der Waals surface area contributed by atoms with Crippen LogP contribution in [-0.4, -0.2) is 31.0 Å². The zero-order valence-electron chi connectivity index (χ0n) is 8.25. The summed E-state index contributed by atoms with van der Waals surface area (Å²) in [6, 6.07) is -0.388. The van der Waals surface area contributed by atoms with Crippen LogP contribution in [0.3, 0.4) is 0 Å². The van der Waals surface area contributed by atoms with Crippen molar-refractivity contribution in [3.8, 4) is 0 Å². The molecule has 0 bridgehead atoms. The number of hydrogen-bond donors (Lipinski definition) is 3. The fourth-order valence-electron chi connectivity index (χ4n) is 1.00. The largest absolute Gasteiger partial charge is 0.548 e. The van der Waals surface area contributed by atoms with Gasteiger partial charge in [-0.2, -0.15) is 0 Å². The van der Waals surface area contributed by atoms with Crippen molar-refractivity contribution in [2.75, 3.05) is 13.1 Å². The first-order valence-electron chi connectivity index (χ1n) is 4.67. The minimum Gasteiger partial charge on any atom is -0.548 e. The minimum absolute atomic E-state index is 0.335. The van der Waals surface area contributed by atoms with Crippen molar-refractivity contribution in [2.24, 2.45) is 0 Å².